The smallest absolute Gasteiger partial charge is 0.255 e. The summed E-state index contributed by atoms with van der Waals surface area (Å²) in [5.74, 6) is 1.52. The number of ether oxygens (including phenoxy) is 1. The molecule has 0 unspecified atom stereocenters. The number of methoxy groups -OCH3 is 1. The molecule has 0 aliphatic carbocycles. The van der Waals surface area contributed by atoms with Crippen LogP contribution in [0.15, 0.2) is 60.8 Å². The first-order valence-electron chi connectivity index (χ1n) is 9.27. The number of pyridine rings is 1. The molecule has 0 aliphatic heterocycles. The molecule has 1 amide bonds. The molecule has 3 rings (SSSR count). The Bertz CT molecular complexity index is 952. The van der Waals surface area contributed by atoms with E-state index >= 15 is 0 Å². The summed E-state index contributed by atoms with van der Waals surface area (Å²) in [6.07, 6.45) is 2.49. The number of anilines is 2. The fraction of sp³-hybridized carbons (Fsp3) is 0.217. The van der Waals surface area contributed by atoms with Crippen molar-refractivity contribution in [2.75, 3.05) is 24.3 Å². The van der Waals surface area contributed by atoms with E-state index in [9.17, 15) is 4.79 Å². The van der Waals surface area contributed by atoms with Gasteiger partial charge < -0.3 is 15.4 Å². The van der Waals surface area contributed by atoms with Crippen LogP contribution < -0.4 is 15.4 Å². The van der Waals surface area contributed by atoms with Crippen molar-refractivity contribution in [1.82, 2.24) is 4.98 Å². The van der Waals surface area contributed by atoms with Crippen LogP contribution in [0.25, 0.3) is 0 Å². The highest BCUT2D eigenvalue weighted by molar-refractivity contribution is 6.04. The van der Waals surface area contributed by atoms with Gasteiger partial charge in [-0.15, -0.1) is 0 Å². The van der Waals surface area contributed by atoms with Crippen LogP contribution in [0.4, 0.5) is 11.5 Å². The molecular weight excluding hydrogens is 350 g/mol. The van der Waals surface area contributed by atoms with Gasteiger partial charge in [0.2, 0.25) is 0 Å². The van der Waals surface area contributed by atoms with Crippen LogP contribution in [-0.2, 0) is 6.42 Å². The molecule has 0 fully saturated rings. The van der Waals surface area contributed by atoms with E-state index in [1.807, 2.05) is 62.4 Å². The Hall–Kier alpha value is -3.34. The number of nitrogens with zero attached hydrogens (tertiary/aromatic N) is 1. The molecule has 1 aromatic heterocycles. The topological polar surface area (TPSA) is 63.2 Å². The maximum absolute atomic E-state index is 12.4. The molecule has 1 heterocycles. The van der Waals surface area contributed by atoms with Crippen molar-refractivity contribution in [1.29, 1.82) is 0 Å². The second-order valence-corrected chi connectivity index (χ2v) is 6.67. The second kappa shape index (κ2) is 9.04. The van der Waals surface area contributed by atoms with E-state index < -0.39 is 0 Å². The molecule has 144 valence electrons. The van der Waals surface area contributed by atoms with Crippen molar-refractivity contribution in [3.63, 3.8) is 0 Å². The number of carbonyl (C=O) groups excluding carboxylic acids is 1. The lowest BCUT2D eigenvalue weighted by Crippen LogP contribution is -2.13. The minimum Gasteiger partial charge on any atom is -0.496 e. The molecule has 0 spiro atoms. The molecule has 5 heteroatoms. The van der Waals surface area contributed by atoms with E-state index in [-0.39, 0.29) is 5.91 Å². The molecule has 2 N–H and O–H groups in total. The minimum absolute atomic E-state index is 0.137. The van der Waals surface area contributed by atoms with Gasteiger partial charge in [-0.1, -0.05) is 24.3 Å². The maximum Gasteiger partial charge on any atom is 0.255 e. The number of aryl methyl sites for hydroxylation is 2. The summed E-state index contributed by atoms with van der Waals surface area (Å²) >= 11 is 0. The first kappa shape index (κ1) is 19.4. The summed E-state index contributed by atoms with van der Waals surface area (Å²) in [6.45, 7) is 4.77. The molecule has 28 heavy (non-hydrogen) atoms. The Morgan fingerprint density at radius 2 is 1.86 bits per heavy atom. The summed E-state index contributed by atoms with van der Waals surface area (Å²) < 4.78 is 5.37. The largest absolute Gasteiger partial charge is 0.496 e. The summed E-state index contributed by atoms with van der Waals surface area (Å²) in [5, 5.41) is 6.17. The quantitative estimate of drug-likeness (QED) is 0.633. The van der Waals surface area contributed by atoms with Gasteiger partial charge in [-0.2, -0.15) is 0 Å². The second-order valence-electron chi connectivity index (χ2n) is 6.67. The van der Waals surface area contributed by atoms with Gasteiger partial charge in [-0.05, 0) is 67.3 Å². The summed E-state index contributed by atoms with van der Waals surface area (Å²) in [7, 11) is 1.68. The molecule has 0 radical (unpaired) electrons. The van der Waals surface area contributed by atoms with Gasteiger partial charge in [0.1, 0.15) is 11.6 Å². The number of hydrogen-bond acceptors (Lipinski definition) is 4. The van der Waals surface area contributed by atoms with Crippen LogP contribution in [0.2, 0.25) is 0 Å². The third-order valence-electron chi connectivity index (χ3n) is 4.68. The summed E-state index contributed by atoms with van der Waals surface area (Å²) in [6, 6.07) is 17.4. The molecule has 0 saturated carbocycles. The Morgan fingerprint density at radius 3 is 2.57 bits per heavy atom. The standard InChI is InChI=1S/C23H25N3O2/c1-16-8-9-19(14-17(16)2)23(27)26-20-10-11-22(25-15-20)24-13-12-18-6-4-5-7-21(18)28-3/h4-11,14-15H,12-13H2,1-3H3,(H,24,25)(H,26,27). The van der Waals surface area contributed by atoms with Crippen LogP contribution in [-0.4, -0.2) is 24.5 Å². The number of carbonyl (C=O) groups is 1. The number of rotatable bonds is 7. The normalized spacial score (nSPS) is 10.4. The zero-order valence-corrected chi connectivity index (χ0v) is 16.5. The van der Waals surface area contributed by atoms with Gasteiger partial charge >= 0.3 is 0 Å². The third kappa shape index (κ3) is 4.88. The molecule has 0 bridgehead atoms. The lowest BCUT2D eigenvalue weighted by Gasteiger charge is -2.10. The first-order chi connectivity index (χ1) is 13.6. The fourth-order valence-electron chi connectivity index (χ4n) is 2.89. The number of hydrogen-bond donors (Lipinski definition) is 2. The molecule has 0 atom stereocenters. The summed E-state index contributed by atoms with van der Waals surface area (Å²) in [4.78, 5) is 16.8. The maximum atomic E-state index is 12.4. The Labute approximate surface area is 165 Å². The van der Waals surface area contributed by atoms with Crippen molar-refractivity contribution >= 4 is 17.4 Å². The fourth-order valence-corrected chi connectivity index (χ4v) is 2.89. The lowest BCUT2D eigenvalue weighted by atomic mass is 10.1. The number of aromatic nitrogens is 1. The predicted molar refractivity (Wildman–Crippen MR) is 113 cm³/mol. The van der Waals surface area contributed by atoms with E-state index in [0.717, 1.165) is 35.7 Å². The van der Waals surface area contributed by atoms with Crippen molar-refractivity contribution < 1.29 is 9.53 Å². The molecule has 2 aromatic carbocycles. The molecule has 0 aliphatic rings. The van der Waals surface area contributed by atoms with Gasteiger partial charge in [0.15, 0.2) is 0 Å². The van der Waals surface area contributed by atoms with E-state index in [1.165, 1.54) is 5.56 Å². The van der Waals surface area contributed by atoms with Crippen LogP contribution >= 0.6 is 0 Å². The number of benzene rings is 2. The first-order valence-corrected chi connectivity index (χ1v) is 9.27. The van der Waals surface area contributed by atoms with Crippen molar-refractivity contribution in [3.8, 4) is 5.75 Å². The van der Waals surface area contributed by atoms with E-state index in [1.54, 1.807) is 13.3 Å². The molecule has 5 nitrogen and oxygen atoms in total. The van der Waals surface area contributed by atoms with Crippen molar-refractivity contribution in [2.24, 2.45) is 0 Å². The average Bonchev–Trinajstić information content (AvgIpc) is 2.71. The third-order valence-corrected chi connectivity index (χ3v) is 4.68. The number of amides is 1. The van der Waals surface area contributed by atoms with Gasteiger partial charge in [-0.3, -0.25) is 4.79 Å². The zero-order valence-electron chi connectivity index (χ0n) is 16.5. The van der Waals surface area contributed by atoms with Crippen molar-refractivity contribution in [2.45, 2.75) is 20.3 Å². The predicted octanol–water partition coefficient (Wildman–Crippen LogP) is 4.61. The molecule has 0 saturated heterocycles. The van der Waals surface area contributed by atoms with Gasteiger partial charge in [0, 0.05) is 12.1 Å². The lowest BCUT2D eigenvalue weighted by molar-refractivity contribution is 0.102. The van der Waals surface area contributed by atoms with Gasteiger partial charge in [0.25, 0.3) is 5.91 Å². The zero-order chi connectivity index (χ0) is 19.9. The van der Waals surface area contributed by atoms with E-state index in [4.69, 9.17) is 4.74 Å². The highest BCUT2D eigenvalue weighted by Crippen LogP contribution is 2.18. The minimum atomic E-state index is -0.137. The van der Waals surface area contributed by atoms with Gasteiger partial charge in [0.05, 0.1) is 19.0 Å². The van der Waals surface area contributed by atoms with E-state index in [0.29, 0.717) is 11.3 Å². The van der Waals surface area contributed by atoms with Crippen LogP contribution in [0, 0.1) is 13.8 Å². The Balaban J connectivity index is 1.54. The van der Waals surface area contributed by atoms with Crippen LogP contribution in [0.1, 0.15) is 27.0 Å². The molecular formula is C23H25N3O2. The Kier molecular flexibility index (Phi) is 6.27. The Morgan fingerprint density at radius 1 is 1.04 bits per heavy atom. The number of para-hydroxylation sites is 1. The monoisotopic (exact) mass is 375 g/mol. The van der Waals surface area contributed by atoms with E-state index in [2.05, 4.69) is 21.7 Å². The van der Waals surface area contributed by atoms with Crippen LogP contribution in [0.5, 0.6) is 5.75 Å². The molecule has 3 aromatic rings. The SMILES string of the molecule is COc1ccccc1CCNc1ccc(NC(=O)c2ccc(C)c(C)c2)cn1. The van der Waals surface area contributed by atoms with Crippen LogP contribution in [0.3, 0.4) is 0 Å². The number of nitrogens with one attached hydrogen (secondary N) is 2. The summed E-state index contributed by atoms with van der Waals surface area (Å²) in [5.41, 5.74) is 4.72. The van der Waals surface area contributed by atoms with Crippen molar-refractivity contribution in [3.05, 3.63) is 83.0 Å². The highest BCUT2D eigenvalue weighted by atomic mass is 16.5. The highest BCUT2D eigenvalue weighted by Gasteiger charge is 2.08. The average molecular weight is 375 g/mol. The van der Waals surface area contributed by atoms with Gasteiger partial charge in [-0.25, -0.2) is 4.98 Å².